The molecule has 0 unspecified atom stereocenters. The Bertz CT molecular complexity index is 301. The minimum absolute atomic E-state index is 0.187. The first kappa shape index (κ1) is 12.2. The zero-order valence-corrected chi connectivity index (χ0v) is 9.27. The molecule has 0 saturated carbocycles. The Kier molecular flexibility index (Phi) is 4.75. The Labute approximate surface area is 90.8 Å². The minimum Gasteiger partial charge on any atom is -0.394 e. The number of aliphatic hydroxyl groups is 2. The monoisotopic (exact) mass is 209 g/mol. The normalized spacial score (nSPS) is 14.9. The third-order valence-corrected chi connectivity index (χ3v) is 2.53. The SMILES string of the molecule is Cc1ccccc1[C@@H](C)NC[C@H](O)CO. The van der Waals surface area contributed by atoms with Gasteiger partial charge in [-0.05, 0) is 25.0 Å². The van der Waals surface area contributed by atoms with Gasteiger partial charge in [-0.1, -0.05) is 24.3 Å². The molecule has 15 heavy (non-hydrogen) atoms. The van der Waals surface area contributed by atoms with Gasteiger partial charge in [-0.25, -0.2) is 0 Å². The maximum Gasteiger partial charge on any atom is 0.0895 e. The van der Waals surface area contributed by atoms with Crippen LogP contribution in [0, 0.1) is 6.92 Å². The second-order valence-electron chi connectivity index (χ2n) is 3.82. The van der Waals surface area contributed by atoms with E-state index in [4.69, 9.17) is 5.11 Å². The molecule has 0 amide bonds. The van der Waals surface area contributed by atoms with Crippen LogP contribution in [0.1, 0.15) is 24.1 Å². The molecule has 0 spiro atoms. The Hall–Kier alpha value is -0.900. The number of hydrogen-bond donors (Lipinski definition) is 3. The van der Waals surface area contributed by atoms with Gasteiger partial charge in [0.15, 0.2) is 0 Å². The molecule has 0 bridgehead atoms. The van der Waals surface area contributed by atoms with Crippen molar-refractivity contribution >= 4 is 0 Å². The maximum atomic E-state index is 9.21. The van der Waals surface area contributed by atoms with E-state index in [0.717, 1.165) is 0 Å². The smallest absolute Gasteiger partial charge is 0.0895 e. The van der Waals surface area contributed by atoms with Crippen LogP contribution in [-0.4, -0.2) is 29.5 Å². The fraction of sp³-hybridized carbons (Fsp3) is 0.500. The van der Waals surface area contributed by atoms with Gasteiger partial charge in [0, 0.05) is 12.6 Å². The van der Waals surface area contributed by atoms with E-state index in [9.17, 15) is 5.11 Å². The molecule has 0 aliphatic rings. The summed E-state index contributed by atoms with van der Waals surface area (Å²) in [6.07, 6.45) is -0.684. The average molecular weight is 209 g/mol. The van der Waals surface area contributed by atoms with Gasteiger partial charge in [0.2, 0.25) is 0 Å². The van der Waals surface area contributed by atoms with Crippen LogP contribution in [0.2, 0.25) is 0 Å². The highest BCUT2D eigenvalue weighted by Crippen LogP contribution is 2.16. The lowest BCUT2D eigenvalue weighted by atomic mass is 10.0. The first-order chi connectivity index (χ1) is 7.15. The summed E-state index contributed by atoms with van der Waals surface area (Å²) < 4.78 is 0. The fourth-order valence-electron chi connectivity index (χ4n) is 1.56. The largest absolute Gasteiger partial charge is 0.394 e. The van der Waals surface area contributed by atoms with Gasteiger partial charge in [0.25, 0.3) is 0 Å². The minimum atomic E-state index is -0.684. The number of rotatable bonds is 5. The molecule has 1 aromatic rings. The molecule has 1 rings (SSSR count). The fourth-order valence-corrected chi connectivity index (χ4v) is 1.56. The van der Waals surface area contributed by atoms with E-state index in [-0.39, 0.29) is 12.6 Å². The van der Waals surface area contributed by atoms with Gasteiger partial charge >= 0.3 is 0 Å². The van der Waals surface area contributed by atoms with Crippen LogP contribution >= 0.6 is 0 Å². The summed E-state index contributed by atoms with van der Waals surface area (Å²) in [6.45, 7) is 4.32. The van der Waals surface area contributed by atoms with Crippen molar-refractivity contribution in [2.24, 2.45) is 0 Å². The molecule has 0 aliphatic heterocycles. The maximum absolute atomic E-state index is 9.21. The van der Waals surface area contributed by atoms with Crippen molar-refractivity contribution in [3.63, 3.8) is 0 Å². The lowest BCUT2D eigenvalue weighted by molar-refractivity contribution is 0.0923. The van der Waals surface area contributed by atoms with E-state index in [1.54, 1.807) is 0 Å². The number of benzene rings is 1. The highest BCUT2D eigenvalue weighted by Gasteiger charge is 2.09. The molecule has 3 N–H and O–H groups in total. The quantitative estimate of drug-likeness (QED) is 0.678. The van der Waals surface area contributed by atoms with Crippen molar-refractivity contribution in [1.29, 1.82) is 0 Å². The highest BCUT2D eigenvalue weighted by atomic mass is 16.3. The molecule has 3 heteroatoms. The summed E-state index contributed by atoms with van der Waals surface area (Å²) in [5.41, 5.74) is 2.46. The van der Waals surface area contributed by atoms with E-state index >= 15 is 0 Å². The van der Waals surface area contributed by atoms with Crippen LogP contribution in [0.5, 0.6) is 0 Å². The molecule has 0 aromatic heterocycles. The molecule has 0 heterocycles. The molecule has 0 saturated heterocycles. The van der Waals surface area contributed by atoms with Crippen LogP contribution in [0.4, 0.5) is 0 Å². The summed E-state index contributed by atoms with van der Waals surface area (Å²) in [4.78, 5) is 0. The molecular weight excluding hydrogens is 190 g/mol. The second kappa shape index (κ2) is 5.85. The van der Waals surface area contributed by atoms with Crippen molar-refractivity contribution in [2.45, 2.75) is 26.0 Å². The van der Waals surface area contributed by atoms with Crippen LogP contribution < -0.4 is 5.32 Å². The van der Waals surface area contributed by atoms with Crippen LogP contribution in [0.15, 0.2) is 24.3 Å². The van der Waals surface area contributed by atoms with Gasteiger partial charge in [0.05, 0.1) is 12.7 Å². The molecule has 0 radical (unpaired) electrons. The second-order valence-corrected chi connectivity index (χ2v) is 3.82. The molecule has 84 valence electrons. The average Bonchev–Trinajstić information content (AvgIpc) is 2.26. The summed E-state index contributed by atoms with van der Waals surface area (Å²) in [5.74, 6) is 0. The lowest BCUT2D eigenvalue weighted by Crippen LogP contribution is -2.31. The number of aryl methyl sites for hydroxylation is 1. The number of nitrogens with one attached hydrogen (secondary N) is 1. The third kappa shape index (κ3) is 3.63. The van der Waals surface area contributed by atoms with E-state index in [1.165, 1.54) is 11.1 Å². The third-order valence-electron chi connectivity index (χ3n) is 2.53. The molecule has 1 aromatic carbocycles. The van der Waals surface area contributed by atoms with Crippen LogP contribution in [-0.2, 0) is 0 Å². The summed E-state index contributed by atoms with van der Waals surface area (Å²) in [7, 11) is 0. The Morgan fingerprint density at radius 1 is 1.33 bits per heavy atom. The molecule has 0 aliphatic carbocycles. The Morgan fingerprint density at radius 2 is 2.00 bits per heavy atom. The van der Waals surface area contributed by atoms with Crippen LogP contribution in [0.25, 0.3) is 0 Å². The summed E-state index contributed by atoms with van der Waals surface area (Å²) in [5, 5.41) is 21.1. The van der Waals surface area contributed by atoms with Crippen molar-refractivity contribution < 1.29 is 10.2 Å². The lowest BCUT2D eigenvalue weighted by Gasteiger charge is -2.18. The van der Waals surface area contributed by atoms with Crippen molar-refractivity contribution in [2.75, 3.05) is 13.2 Å². The van der Waals surface area contributed by atoms with Crippen LogP contribution in [0.3, 0.4) is 0 Å². The van der Waals surface area contributed by atoms with Gasteiger partial charge in [0.1, 0.15) is 0 Å². The zero-order valence-electron chi connectivity index (χ0n) is 9.27. The zero-order chi connectivity index (χ0) is 11.3. The van der Waals surface area contributed by atoms with Gasteiger partial charge in [-0.2, -0.15) is 0 Å². The number of hydrogen-bond acceptors (Lipinski definition) is 3. The summed E-state index contributed by atoms with van der Waals surface area (Å²) >= 11 is 0. The van der Waals surface area contributed by atoms with E-state index < -0.39 is 6.10 Å². The molecular formula is C12H19NO2. The van der Waals surface area contributed by atoms with Crippen molar-refractivity contribution in [3.05, 3.63) is 35.4 Å². The van der Waals surface area contributed by atoms with Gasteiger partial charge < -0.3 is 15.5 Å². The highest BCUT2D eigenvalue weighted by molar-refractivity contribution is 5.28. The van der Waals surface area contributed by atoms with E-state index in [2.05, 4.69) is 24.4 Å². The van der Waals surface area contributed by atoms with Gasteiger partial charge in [-0.15, -0.1) is 0 Å². The Morgan fingerprint density at radius 3 is 2.60 bits per heavy atom. The molecule has 0 fully saturated rings. The molecule has 3 nitrogen and oxygen atoms in total. The van der Waals surface area contributed by atoms with Gasteiger partial charge in [-0.3, -0.25) is 0 Å². The van der Waals surface area contributed by atoms with Crippen molar-refractivity contribution in [1.82, 2.24) is 5.32 Å². The van der Waals surface area contributed by atoms with Crippen molar-refractivity contribution in [3.8, 4) is 0 Å². The predicted octanol–water partition coefficient (Wildman–Crippen LogP) is 0.999. The first-order valence-electron chi connectivity index (χ1n) is 5.23. The predicted molar refractivity (Wildman–Crippen MR) is 60.7 cm³/mol. The van der Waals surface area contributed by atoms with E-state index in [1.807, 2.05) is 19.1 Å². The number of aliphatic hydroxyl groups excluding tert-OH is 2. The standard InChI is InChI=1S/C12H19NO2/c1-9-5-3-4-6-12(9)10(2)13-7-11(15)8-14/h3-6,10-11,13-15H,7-8H2,1-2H3/t10-,11+/m1/s1. The molecule has 2 atom stereocenters. The van der Waals surface area contributed by atoms with E-state index in [0.29, 0.717) is 6.54 Å². The summed E-state index contributed by atoms with van der Waals surface area (Å²) in [6, 6.07) is 8.33. The first-order valence-corrected chi connectivity index (χ1v) is 5.23. The Balaban J connectivity index is 2.54. The topological polar surface area (TPSA) is 52.5 Å².